The molecule has 0 saturated carbocycles. The summed E-state index contributed by atoms with van der Waals surface area (Å²) in [5.74, 6) is 0.879. The van der Waals surface area contributed by atoms with Gasteiger partial charge in [-0.25, -0.2) is 0 Å². The summed E-state index contributed by atoms with van der Waals surface area (Å²) in [7, 11) is 0. The highest BCUT2D eigenvalue weighted by atomic mass is 15.1. The maximum atomic E-state index is 3.48. The Morgan fingerprint density at radius 1 is 1.10 bits per heavy atom. The van der Waals surface area contributed by atoms with Crippen LogP contribution in [0.1, 0.15) is 48.4 Å². The molecule has 1 saturated heterocycles. The van der Waals surface area contributed by atoms with Crippen LogP contribution in [0.25, 0.3) is 0 Å². The minimum Gasteiger partial charge on any atom is -0.317 e. The monoisotopic (exact) mass is 288 g/mol. The van der Waals surface area contributed by atoms with Crippen LogP contribution in [0.4, 0.5) is 0 Å². The lowest BCUT2D eigenvalue weighted by Crippen LogP contribution is -2.36. The van der Waals surface area contributed by atoms with E-state index in [4.69, 9.17) is 0 Å². The molecule has 118 valence electrons. The number of nitrogens with zero attached hydrogens (tertiary/aromatic N) is 1. The van der Waals surface area contributed by atoms with Crippen molar-refractivity contribution in [3.05, 3.63) is 34.4 Å². The second-order valence-electron chi connectivity index (χ2n) is 6.81. The molecule has 0 radical (unpaired) electrons. The topological polar surface area (TPSA) is 15.3 Å². The predicted octanol–water partition coefficient (Wildman–Crippen LogP) is 3.82. The highest BCUT2D eigenvalue weighted by molar-refractivity contribution is 5.37. The Morgan fingerprint density at radius 2 is 1.71 bits per heavy atom. The molecule has 2 heteroatoms. The Hall–Kier alpha value is -0.860. The Labute approximate surface area is 130 Å². The summed E-state index contributed by atoms with van der Waals surface area (Å²) in [6, 6.07) is 4.66. The van der Waals surface area contributed by atoms with Crippen LogP contribution >= 0.6 is 0 Å². The van der Waals surface area contributed by atoms with Crippen molar-refractivity contribution >= 4 is 0 Å². The number of piperidine rings is 1. The minimum atomic E-state index is 0.879. The van der Waals surface area contributed by atoms with E-state index in [0.717, 1.165) is 12.5 Å². The van der Waals surface area contributed by atoms with Crippen LogP contribution in [0.3, 0.4) is 0 Å². The van der Waals surface area contributed by atoms with Gasteiger partial charge < -0.3 is 5.32 Å². The molecule has 1 aromatic carbocycles. The van der Waals surface area contributed by atoms with Crippen LogP contribution in [0.15, 0.2) is 12.1 Å². The van der Waals surface area contributed by atoms with Crippen molar-refractivity contribution in [2.75, 3.05) is 26.2 Å². The van der Waals surface area contributed by atoms with Gasteiger partial charge in [0.1, 0.15) is 0 Å². The highest BCUT2D eigenvalue weighted by Crippen LogP contribution is 2.21. The number of nitrogens with one attached hydrogen (secondary N) is 1. The van der Waals surface area contributed by atoms with E-state index >= 15 is 0 Å². The molecule has 1 aliphatic rings. The van der Waals surface area contributed by atoms with Gasteiger partial charge in [-0.05, 0) is 82.3 Å². The van der Waals surface area contributed by atoms with Crippen LogP contribution in [0.5, 0.6) is 0 Å². The molecule has 1 aromatic rings. The lowest BCUT2D eigenvalue weighted by Gasteiger charge is -2.31. The van der Waals surface area contributed by atoms with E-state index in [-0.39, 0.29) is 0 Å². The summed E-state index contributed by atoms with van der Waals surface area (Å²) >= 11 is 0. The molecule has 1 heterocycles. The largest absolute Gasteiger partial charge is 0.317 e. The molecular formula is C19H32N2. The van der Waals surface area contributed by atoms with E-state index in [1.54, 1.807) is 5.56 Å². The molecule has 0 bridgehead atoms. The van der Waals surface area contributed by atoms with Gasteiger partial charge in [0.05, 0.1) is 0 Å². The minimum absolute atomic E-state index is 0.879. The maximum absolute atomic E-state index is 3.48. The summed E-state index contributed by atoms with van der Waals surface area (Å²) < 4.78 is 0. The lowest BCUT2D eigenvalue weighted by atomic mass is 9.96. The van der Waals surface area contributed by atoms with Gasteiger partial charge in [0.15, 0.2) is 0 Å². The first-order valence-corrected chi connectivity index (χ1v) is 8.60. The molecule has 0 atom stereocenters. The second-order valence-corrected chi connectivity index (χ2v) is 6.81. The van der Waals surface area contributed by atoms with Crippen molar-refractivity contribution in [3.8, 4) is 0 Å². The number of hydrogen-bond acceptors (Lipinski definition) is 2. The molecule has 2 nitrogen and oxygen atoms in total. The lowest BCUT2D eigenvalue weighted by molar-refractivity contribution is 0.198. The molecule has 0 aliphatic carbocycles. The summed E-state index contributed by atoms with van der Waals surface area (Å²) in [6.45, 7) is 15.0. The van der Waals surface area contributed by atoms with Gasteiger partial charge in [-0.3, -0.25) is 4.90 Å². The van der Waals surface area contributed by atoms with Gasteiger partial charge in [-0.2, -0.15) is 0 Å². The molecular weight excluding hydrogens is 256 g/mol. The fourth-order valence-corrected chi connectivity index (χ4v) is 3.66. The average molecular weight is 288 g/mol. The SMILES string of the molecule is CCCN(Cc1c(C)cc(C)cc1C)CC1CCNCC1. The van der Waals surface area contributed by atoms with Crippen molar-refractivity contribution in [1.82, 2.24) is 10.2 Å². The molecule has 0 spiro atoms. The quantitative estimate of drug-likeness (QED) is 0.856. The molecule has 1 N–H and O–H groups in total. The van der Waals surface area contributed by atoms with Crippen LogP contribution < -0.4 is 5.32 Å². The Balaban J connectivity index is 2.05. The van der Waals surface area contributed by atoms with Crippen molar-refractivity contribution in [1.29, 1.82) is 0 Å². The third-order valence-electron chi connectivity index (χ3n) is 4.74. The van der Waals surface area contributed by atoms with Gasteiger partial charge in [0.2, 0.25) is 0 Å². The Bertz CT molecular complexity index is 424. The van der Waals surface area contributed by atoms with Crippen molar-refractivity contribution < 1.29 is 0 Å². The number of benzene rings is 1. The van der Waals surface area contributed by atoms with E-state index in [0.29, 0.717) is 0 Å². The molecule has 1 aliphatic heterocycles. The van der Waals surface area contributed by atoms with Crippen molar-refractivity contribution in [3.63, 3.8) is 0 Å². The third kappa shape index (κ3) is 4.82. The molecule has 2 rings (SSSR count). The Kier molecular flexibility index (Phi) is 6.25. The smallest absolute Gasteiger partial charge is 0.0239 e. The number of rotatable bonds is 6. The van der Waals surface area contributed by atoms with Crippen LogP contribution in [-0.2, 0) is 6.54 Å². The molecule has 0 aromatic heterocycles. The summed E-state index contributed by atoms with van der Waals surface area (Å²) in [5, 5.41) is 3.48. The van der Waals surface area contributed by atoms with Crippen LogP contribution in [0, 0.1) is 26.7 Å². The number of hydrogen-bond donors (Lipinski definition) is 1. The van der Waals surface area contributed by atoms with E-state index in [1.165, 1.54) is 62.1 Å². The summed E-state index contributed by atoms with van der Waals surface area (Å²) in [6.07, 6.45) is 3.92. The van der Waals surface area contributed by atoms with Gasteiger partial charge >= 0.3 is 0 Å². The molecule has 21 heavy (non-hydrogen) atoms. The van der Waals surface area contributed by atoms with Crippen molar-refractivity contribution in [2.45, 2.75) is 53.5 Å². The fraction of sp³-hybridized carbons (Fsp3) is 0.684. The zero-order chi connectivity index (χ0) is 15.2. The van der Waals surface area contributed by atoms with E-state index in [2.05, 4.69) is 50.0 Å². The van der Waals surface area contributed by atoms with Crippen LogP contribution in [-0.4, -0.2) is 31.1 Å². The van der Waals surface area contributed by atoms with Gasteiger partial charge in [0, 0.05) is 13.1 Å². The highest BCUT2D eigenvalue weighted by Gasteiger charge is 2.18. The molecule has 0 unspecified atom stereocenters. The van der Waals surface area contributed by atoms with E-state index < -0.39 is 0 Å². The van der Waals surface area contributed by atoms with E-state index in [9.17, 15) is 0 Å². The molecule has 0 amide bonds. The van der Waals surface area contributed by atoms with Crippen molar-refractivity contribution in [2.24, 2.45) is 5.92 Å². The second kappa shape index (κ2) is 7.95. The zero-order valence-corrected chi connectivity index (χ0v) is 14.3. The Morgan fingerprint density at radius 3 is 2.29 bits per heavy atom. The van der Waals surface area contributed by atoms with Crippen LogP contribution in [0.2, 0.25) is 0 Å². The normalized spacial score (nSPS) is 16.6. The van der Waals surface area contributed by atoms with E-state index in [1.807, 2.05) is 0 Å². The van der Waals surface area contributed by atoms with Gasteiger partial charge in [-0.1, -0.05) is 24.6 Å². The molecule has 1 fully saturated rings. The summed E-state index contributed by atoms with van der Waals surface area (Å²) in [5.41, 5.74) is 5.84. The number of aryl methyl sites for hydroxylation is 3. The van der Waals surface area contributed by atoms with Gasteiger partial charge in [0.25, 0.3) is 0 Å². The summed E-state index contributed by atoms with van der Waals surface area (Å²) in [4.78, 5) is 2.68. The fourth-order valence-electron chi connectivity index (χ4n) is 3.66. The first kappa shape index (κ1) is 16.5. The first-order chi connectivity index (χ1) is 10.1. The average Bonchev–Trinajstić information content (AvgIpc) is 2.44. The standard InChI is InChI=1S/C19H32N2/c1-5-10-21(13-18-6-8-20-9-7-18)14-19-16(3)11-15(2)12-17(19)4/h11-12,18,20H,5-10,13-14H2,1-4H3. The zero-order valence-electron chi connectivity index (χ0n) is 14.3. The first-order valence-electron chi connectivity index (χ1n) is 8.60. The maximum Gasteiger partial charge on any atom is 0.0239 e. The predicted molar refractivity (Wildman–Crippen MR) is 91.8 cm³/mol. The third-order valence-corrected chi connectivity index (χ3v) is 4.74. The van der Waals surface area contributed by atoms with Gasteiger partial charge in [-0.15, -0.1) is 0 Å².